The van der Waals surface area contributed by atoms with E-state index in [1.165, 1.54) is 0 Å². The fraction of sp³-hybridized carbons (Fsp3) is 0.357. The molecule has 20 heavy (non-hydrogen) atoms. The highest BCUT2D eigenvalue weighted by Crippen LogP contribution is 2.14. The first-order valence-corrected chi connectivity index (χ1v) is 5.80. The lowest BCUT2D eigenvalue weighted by Gasteiger charge is -2.18. The van der Waals surface area contributed by atoms with Crippen molar-refractivity contribution in [3.05, 3.63) is 35.1 Å². The van der Waals surface area contributed by atoms with Crippen LogP contribution in [0.5, 0.6) is 0 Å². The van der Waals surface area contributed by atoms with Crippen molar-refractivity contribution in [3.8, 4) is 11.8 Å². The van der Waals surface area contributed by atoms with E-state index >= 15 is 0 Å². The Morgan fingerprint density at radius 1 is 1.25 bits per heavy atom. The summed E-state index contributed by atoms with van der Waals surface area (Å²) in [4.78, 5) is 11.2. The van der Waals surface area contributed by atoms with E-state index in [1.54, 1.807) is 20.8 Å². The van der Waals surface area contributed by atoms with Crippen LogP contribution in [0, 0.1) is 29.3 Å². The number of ether oxygens (including phenoxy) is 1. The molecule has 0 aromatic heterocycles. The molecule has 0 saturated carbocycles. The fourth-order valence-corrected chi connectivity index (χ4v) is 1.20. The van der Waals surface area contributed by atoms with Crippen molar-refractivity contribution in [2.75, 3.05) is 6.54 Å². The number of hydrogen-bond acceptors (Lipinski definition) is 2. The van der Waals surface area contributed by atoms with Crippen LogP contribution >= 0.6 is 0 Å². The number of hydrogen-bond donors (Lipinski definition) is 1. The first-order chi connectivity index (χ1) is 9.20. The molecule has 6 heteroatoms. The number of nitrogens with one attached hydrogen (secondary N) is 1. The average Bonchev–Trinajstić information content (AvgIpc) is 2.31. The van der Waals surface area contributed by atoms with Crippen LogP contribution in [-0.4, -0.2) is 18.2 Å². The number of carbonyl (C=O) groups excluding carboxylic acids is 1. The maximum absolute atomic E-state index is 13.2. The smallest absolute Gasteiger partial charge is 0.408 e. The summed E-state index contributed by atoms with van der Waals surface area (Å²) in [7, 11) is 0. The third-order valence-electron chi connectivity index (χ3n) is 1.98. The molecule has 1 aromatic rings. The Balaban J connectivity index is 2.65. The van der Waals surface area contributed by atoms with Crippen molar-refractivity contribution in [1.82, 2.24) is 5.32 Å². The Labute approximate surface area is 115 Å². The molecule has 0 unspecified atom stereocenters. The van der Waals surface area contributed by atoms with Crippen molar-refractivity contribution in [2.45, 2.75) is 26.4 Å². The Bertz CT molecular complexity index is 568. The molecular formula is C14H14F3NO2. The van der Waals surface area contributed by atoms with Gasteiger partial charge in [-0.25, -0.2) is 18.0 Å². The molecule has 3 nitrogen and oxygen atoms in total. The van der Waals surface area contributed by atoms with Gasteiger partial charge in [0.25, 0.3) is 0 Å². The van der Waals surface area contributed by atoms with Crippen molar-refractivity contribution < 1.29 is 22.7 Å². The van der Waals surface area contributed by atoms with Crippen LogP contribution in [0.2, 0.25) is 0 Å². The summed E-state index contributed by atoms with van der Waals surface area (Å²) in [5.74, 6) is 0.948. The van der Waals surface area contributed by atoms with Gasteiger partial charge in [0.2, 0.25) is 0 Å². The quantitative estimate of drug-likeness (QED) is 0.636. The van der Waals surface area contributed by atoms with E-state index in [4.69, 9.17) is 4.74 Å². The van der Waals surface area contributed by atoms with Crippen LogP contribution in [-0.2, 0) is 4.74 Å². The maximum Gasteiger partial charge on any atom is 0.408 e. The predicted octanol–water partition coefficient (Wildman–Crippen LogP) is 2.98. The highest BCUT2D eigenvalue weighted by atomic mass is 19.2. The molecule has 0 aliphatic rings. The van der Waals surface area contributed by atoms with Crippen molar-refractivity contribution >= 4 is 6.09 Å². The molecule has 0 fully saturated rings. The van der Waals surface area contributed by atoms with Crippen LogP contribution in [0.3, 0.4) is 0 Å². The lowest BCUT2D eigenvalue weighted by molar-refractivity contribution is 0.0535. The van der Waals surface area contributed by atoms with Crippen LogP contribution in [0.4, 0.5) is 18.0 Å². The number of benzene rings is 1. The van der Waals surface area contributed by atoms with Crippen LogP contribution in [0.1, 0.15) is 26.3 Å². The second-order valence-corrected chi connectivity index (χ2v) is 4.88. The molecule has 0 atom stereocenters. The molecule has 0 radical (unpaired) electrons. The molecule has 1 aromatic carbocycles. The highest BCUT2D eigenvalue weighted by Gasteiger charge is 2.15. The third kappa shape index (κ3) is 4.84. The van der Waals surface area contributed by atoms with E-state index in [-0.39, 0.29) is 6.54 Å². The third-order valence-corrected chi connectivity index (χ3v) is 1.98. The lowest BCUT2D eigenvalue weighted by Crippen LogP contribution is -2.32. The van der Waals surface area contributed by atoms with E-state index in [2.05, 4.69) is 17.2 Å². The molecule has 0 saturated heterocycles. The molecule has 0 heterocycles. The topological polar surface area (TPSA) is 38.3 Å². The molecule has 0 spiro atoms. The first-order valence-electron chi connectivity index (χ1n) is 5.80. The maximum atomic E-state index is 13.2. The number of halogens is 3. The fourth-order valence-electron chi connectivity index (χ4n) is 1.20. The van der Waals surface area contributed by atoms with Gasteiger partial charge in [0, 0.05) is 0 Å². The standard InChI is InChI=1S/C14H14F3NO2/c1-14(2,3)20-13(19)18-8-4-5-9-10(15)6-7-11(16)12(9)17/h6-7H,8H2,1-3H3,(H,18,19). The summed E-state index contributed by atoms with van der Waals surface area (Å²) in [5, 5.41) is 2.29. The SMILES string of the molecule is CC(C)(C)OC(=O)NCC#Cc1c(F)ccc(F)c1F. The zero-order chi connectivity index (χ0) is 15.3. The van der Waals surface area contributed by atoms with Crippen LogP contribution < -0.4 is 5.32 Å². The van der Waals surface area contributed by atoms with E-state index < -0.39 is 34.7 Å². The van der Waals surface area contributed by atoms with Gasteiger partial charge in [-0.15, -0.1) is 0 Å². The van der Waals surface area contributed by atoms with E-state index in [0.717, 1.165) is 6.07 Å². The predicted molar refractivity (Wildman–Crippen MR) is 67.4 cm³/mol. The van der Waals surface area contributed by atoms with E-state index in [0.29, 0.717) is 6.07 Å². The number of rotatable bonds is 1. The molecule has 0 aliphatic carbocycles. The summed E-state index contributed by atoms with van der Waals surface area (Å²) in [6, 6.07) is 1.46. The van der Waals surface area contributed by atoms with Gasteiger partial charge < -0.3 is 10.1 Å². The van der Waals surface area contributed by atoms with Gasteiger partial charge in [-0.3, -0.25) is 0 Å². The van der Waals surface area contributed by atoms with Gasteiger partial charge >= 0.3 is 6.09 Å². The lowest BCUT2D eigenvalue weighted by atomic mass is 10.2. The van der Waals surface area contributed by atoms with Crippen molar-refractivity contribution in [3.63, 3.8) is 0 Å². The number of alkyl carbamates (subject to hydrolysis) is 1. The van der Waals surface area contributed by atoms with Crippen molar-refractivity contribution in [1.29, 1.82) is 0 Å². The Hall–Kier alpha value is -2.16. The molecule has 108 valence electrons. The second kappa shape index (κ2) is 6.33. The van der Waals surface area contributed by atoms with Crippen molar-refractivity contribution in [2.24, 2.45) is 0 Å². The van der Waals surface area contributed by atoms with Gasteiger partial charge in [0.15, 0.2) is 11.6 Å². The summed E-state index contributed by atoms with van der Waals surface area (Å²) < 4.78 is 44.3. The molecule has 1 rings (SSSR count). The zero-order valence-electron chi connectivity index (χ0n) is 11.3. The molecule has 1 N–H and O–H groups in total. The second-order valence-electron chi connectivity index (χ2n) is 4.88. The van der Waals surface area contributed by atoms with Gasteiger partial charge in [0.05, 0.1) is 12.1 Å². The minimum absolute atomic E-state index is 0.176. The summed E-state index contributed by atoms with van der Waals surface area (Å²) in [6.07, 6.45) is -0.702. The Morgan fingerprint density at radius 2 is 1.85 bits per heavy atom. The normalized spacial score (nSPS) is 10.5. The average molecular weight is 285 g/mol. The molecular weight excluding hydrogens is 271 g/mol. The summed E-state index contributed by atoms with van der Waals surface area (Å²) in [6.45, 7) is 4.89. The highest BCUT2D eigenvalue weighted by molar-refractivity contribution is 5.68. The van der Waals surface area contributed by atoms with Crippen LogP contribution in [0.15, 0.2) is 12.1 Å². The Kier molecular flexibility index (Phi) is 5.03. The monoisotopic (exact) mass is 285 g/mol. The largest absolute Gasteiger partial charge is 0.444 e. The van der Waals surface area contributed by atoms with E-state index in [9.17, 15) is 18.0 Å². The number of amides is 1. The summed E-state index contributed by atoms with van der Waals surface area (Å²) >= 11 is 0. The summed E-state index contributed by atoms with van der Waals surface area (Å²) in [5.41, 5.74) is -1.32. The Morgan fingerprint density at radius 3 is 2.45 bits per heavy atom. The van der Waals surface area contributed by atoms with Crippen LogP contribution in [0.25, 0.3) is 0 Å². The van der Waals surface area contributed by atoms with Gasteiger partial charge in [-0.2, -0.15) is 0 Å². The number of carbonyl (C=O) groups is 1. The van der Waals surface area contributed by atoms with E-state index in [1.807, 2.05) is 0 Å². The molecule has 0 bridgehead atoms. The minimum atomic E-state index is -1.35. The minimum Gasteiger partial charge on any atom is -0.444 e. The molecule has 0 aliphatic heterocycles. The van der Waals surface area contributed by atoms with Gasteiger partial charge in [-0.1, -0.05) is 11.8 Å². The zero-order valence-corrected chi connectivity index (χ0v) is 11.3. The van der Waals surface area contributed by atoms with Gasteiger partial charge in [-0.05, 0) is 32.9 Å². The molecule has 1 amide bonds. The first kappa shape index (κ1) is 15.9. The van der Waals surface area contributed by atoms with Gasteiger partial charge in [0.1, 0.15) is 11.4 Å².